The average Bonchev–Trinajstić information content (AvgIpc) is 3.40. The fourth-order valence-corrected chi connectivity index (χ4v) is 3.14. The van der Waals surface area contributed by atoms with E-state index in [1.165, 1.54) is 7.11 Å². The van der Waals surface area contributed by atoms with E-state index in [1.807, 2.05) is 61.8 Å². The SMILES string of the molecule is COc1cc(Cl)c(C)cc1NC(=O)c1nnn(-c2ccccc2)c1-n1cccc1. The van der Waals surface area contributed by atoms with Crippen molar-refractivity contribution in [3.05, 3.63) is 83.3 Å². The Kier molecular flexibility index (Phi) is 5.05. The number of hydrogen-bond donors (Lipinski definition) is 1. The number of anilines is 1. The molecule has 1 N–H and O–H groups in total. The molecule has 0 fully saturated rings. The molecule has 0 saturated heterocycles. The van der Waals surface area contributed by atoms with Crippen molar-refractivity contribution in [3.8, 4) is 17.3 Å². The molecule has 7 nitrogen and oxygen atoms in total. The summed E-state index contributed by atoms with van der Waals surface area (Å²) in [6.45, 7) is 1.86. The van der Waals surface area contributed by atoms with Crippen LogP contribution < -0.4 is 10.1 Å². The van der Waals surface area contributed by atoms with Gasteiger partial charge in [-0.1, -0.05) is 35.0 Å². The maximum absolute atomic E-state index is 13.1. The van der Waals surface area contributed by atoms with Gasteiger partial charge in [0.25, 0.3) is 5.91 Å². The molecule has 8 heteroatoms. The molecule has 4 rings (SSSR count). The van der Waals surface area contributed by atoms with Gasteiger partial charge in [-0.05, 0) is 42.8 Å². The van der Waals surface area contributed by atoms with E-state index in [-0.39, 0.29) is 5.69 Å². The van der Waals surface area contributed by atoms with Crippen molar-refractivity contribution in [1.29, 1.82) is 0 Å². The van der Waals surface area contributed by atoms with Gasteiger partial charge < -0.3 is 14.6 Å². The zero-order valence-electron chi connectivity index (χ0n) is 15.8. The second-order valence-corrected chi connectivity index (χ2v) is 6.76. The summed E-state index contributed by atoms with van der Waals surface area (Å²) < 4.78 is 8.77. The number of para-hydroxylation sites is 1. The molecule has 2 heterocycles. The van der Waals surface area contributed by atoms with Crippen LogP contribution in [0.5, 0.6) is 5.75 Å². The van der Waals surface area contributed by atoms with Crippen molar-refractivity contribution >= 4 is 23.2 Å². The normalized spacial score (nSPS) is 10.7. The molecule has 146 valence electrons. The van der Waals surface area contributed by atoms with E-state index in [1.54, 1.807) is 21.4 Å². The number of benzene rings is 2. The fraction of sp³-hybridized carbons (Fsp3) is 0.0952. The summed E-state index contributed by atoms with van der Waals surface area (Å²) in [6, 6.07) is 16.7. The Morgan fingerprint density at radius 3 is 2.52 bits per heavy atom. The fourth-order valence-electron chi connectivity index (χ4n) is 2.99. The number of halogens is 1. The molecule has 0 unspecified atom stereocenters. The lowest BCUT2D eigenvalue weighted by Crippen LogP contribution is -2.16. The Bertz CT molecular complexity index is 1150. The Hall–Kier alpha value is -3.58. The third kappa shape index (κ3) is 3.60. The lowest BCUT2D eigenvalue weighted by molar-refractivity contribution is 0.102. The van der Waals surface area contributed by atoms with Crippen LogP contribution in [-0.4, -0.2) is 32.6 Å². The lowest BCUT2D eigenvalue weighted by atomic mass is 10.2. The Balaban J connectivity index is 1.77. The molecule has 0 bridgehead atoms. The smallest absolute Gasteiger partial charge is 0.280 e. The maximum Gasteiger partial charge on any atom is 0.280 e. The second kappa shape index (κ2) is 7.81. The molecule has 0 atom stereocenters. The van der Waals surface area contributed by atoms with E-state index in [2.05, 4.69) is 15.6 Å². The van der Waals surface area contributed by atoms with Gasteiger partial charge in [0.05, 0.1) is 18.5 Å². The quantitative estimate of drug-likeness (QED) is 0.535. The van der Waals surface area contributed by atoms with Crippen LogP contribution >= 0.6 is 11.6 Å². The summed E-state index contributed by atoms with van der Waals surface area (Å²) >= 11 is 6.16. The van der Waals surface area contributed by atoms with E-state index in [4.69, 9.17) is 16.3 Å². The number of hydrogen-bond acceptors (Lipinski definition) is 4. The minimum atomic E-state index is -0.407. The highest BCUT2D eigenvalue weighted by Gasteiger charge is 2.23. The van der Waals surface area contributed by atoms with Crippen LogP contribution in [0.3, 0.4) is 0 Å². The van der Waals surface area contributed by atoms with Crippen LogP contribution in [0, 0.1) is 6.92 Å². The van der Waals surface area contributed by atoms with Crippen molar-refractivity contribution in [2.45, 2.75) is 6.92 Å². The predicted octanol–water partition coefficient (Wildman–Crippen LogP) is 4.28. The zero-order chi connectivity index (χ0) is 20.4. The van der Waals surface area contributed by atoms with Gasteiger partial charge in [0.2, 0.25) is 0 Å². The number of nitrogens with one attached hydrogen (secondary N) is 1. The standard InChI is InChI=1S/C21H18ClN5O2/c1-14-12-17(18(29-2)13-16(14)22)23-20(28)19-21(26-10-6-7-11-26)27(25-24-19)15-8-4-3-5-9-15/h3-13H,1-2H3,(H,23,28). The van der Waals surface area contributed by atoms with Crippen molar-refractivity contribution in [1.82, 2.24) is 19.6 Å². The number of rotatable bonds is 5. The maximum atomic E-state index is 13.1. The van der Waals surface area contributed by atoms with Crippen molar-refractivity contribution < 1.29 is 9.53 Å². The number of aryl methyl sites for hydroxylation is 1. The molecular formula is C21H18ClN5O2. The summed E-state index contributed by atoms with van der Waals surface area (Å²) in [7, 11) is 1.52. The largest absolute Gasteiger partial charge is 0.495 e. The lowest BCUT2D eigenvalue weighted by Gasteiger charge is -2.13. The van der Waals surface area contributed by atoms with Gasteiger partial charge in [0, 0.05) is 23.5 Å². The highest BCUT2D eigenvalue weighted by atomic mass is 35.5. The molecule has 4 aromatic rings. The molecule has 0 radical (unpaired) electrons. The van der Waals surface area contributed by atoms with Crippen molar-refractivity contribution in [2.75, 3.05) is 12.4 Å². The molecule has 0 saturated carbocycles. The van der Waals surface area contributed by atoms with Crippen LogP contribution in [-0.2, 0) is 0 Å². The van der Waals surface area contributed by atoms with Crippen molar-refractivity contribution in [2.24, 2.45) is 0 Å². The summed E-state index contributed by atoms with van der Waals surface area (Å²) in [5, 5.41) is 11.8. The summed E-state index contributed by atoms with van der Waals surface area (Å²) in [4.78, 5) is 13.1. The first kappa shape index (κ1) is 18.8. The number of carbonyl (C=O) groups excluding carboxylic acids is 1. The Labute approximate surface area is 172 Å². The Morgan fingerprint density at radius 1 is 1.10 bits per heavy atom. The van der Waals surface area contributed by atoms with Gasteiger partial charge in [-0.25, -0.2) is 0 Å². The molecule has 0 aliphatic rings. The minimum absolute atomic E-state index is 0.180. The molecule has 1 amide bonds. The predicted molar refractivity (Wildman–Crippen MR) is 111 cm³/mol. The van der Waals surface area contributed by atoms with Crippen molar-refractivity contribution in [3.63, 3.8) is 0 Å². The minimum Gasteiger partial charge on any atom is -0.495 e. The van der Waals surface area contributed by atoms with Crippen LogP contribution in [0.15, 0.2) is 67.0 Å². The first-order valence-electron chi connectivity index (χ1n) is 8.88. The number of methoxy groups -OCH3 is 1. The van der Waals surface area contributed by atoms with E-state index in [9.17, 15) is 4.79 Å². The van der Waals surface area contributed by atoms with Gasteiger partial charge in [0.1, 0.15) is 5.75 Å². The van der Waals surface area contributed by atoms with Gasteiger partial charge in [-0.3, -0.25) is 4.79 Å². The van der Waals surface area contributed by atoms with E-state index < -0.39 is 5.91 Å². The molecule has 2 aromatic heterocycles. The van der Waals surface area contributed by atoms with Gasteiger partial charge in [-0.2, -0.15) is 4.68 Å². The Morgan fingerprint density at radius 2 is 1.83 bits per heavy atom. The number of carbonyl (C=O) groups is 1. The third-order valence-corrected chi connectivity index (χ3v) is 4.85. The first-order valence-corrected chi connectivity index (χ1v) is 9.26. The molecular weight excluding hydrogens is 390 g/mol. The number of ether oxygens (including phenoxy) is 1. The third-order valence-electron chi connectivity index (χ3n) is 4.44. The van der Waals surface area contributed by atoms with E-state index in [0.29, 0.717) is 22.3 Å². The summed E-state index contributed by atoms with van der Waals surface area (Å²) in [6.07, 6.45) is 3.67. The van der Waals surface area contributed by atoms with Gasteiger partial charge >= 0.3 is 0 Å². The molecule has 29 heavy (non-hydrogen) atoms. The second-order valence-electron chi connectivity index (χ2n) is 6.36. The monoisotopic (exact) mass is 407 g/mol. The van der Waals surface area contributed by atoms with Gasteiger partial charge in [0.15, 0.2) is 11.5 Å². The van der Waals surface area contributed by atoms with Crippen LogP contribution in [0.4, 0.5) is 5.69 Å². The summed E-state index contributed by atoms with van der Waals surface area (Å²) in [5.41, 5.74) is 2.30. The average molecular weight is 408 g/mol. The highest BCUT2D eigenvalue weighted by Crippen LogP contribution is 2.31. The highest BCUT2D eigenvalue weighted by molar-refractivity contribution is 6.31. The molecule has 0 aliphatic carbocycles. The van der Waals surface area contributed by atoms with Crippen LogP contribution in [0.2, 0.25) is 5.02 Å². The first-order chi connectivity index (χ1) is 14.1. The topological polar surface area (TPSA) is 74.0 Å². The van der Waals surface area contributed by atoms with Gasteiger partial charge in [-0.15, -0.1) is 5.10 Å². The van der Waals surface area contributed by atoms with Crippen LogP contribution in [0.1, 0.15) is 16.1 Å². The number of nitrogens with zero attached hydrogens (tertiary/aromatic N) is 4. The summed E-state index contributed by atoms with van der Waals surface area (Å²) in [5.74, 6) is 0.589. The molecule has 0 aliphatic heterocycles. The molecule has 0 spiro atoms. The van der Waals surface area contributed by atoms with E-state index in [0.717, 1.165) is 11.3 Å². The number of aromatic nitrogens is 4. The number of amides is 1. The van der Waals surface area contributed by atoms with Crippen LogP contribution in [0.25, 0.3) is 11.5 Å². The molecule has 2 aromatic carbocycles. The van der Waals surface area contributed by atoms with E-state index >= 15 is 0 Å². The zero-order valence-corrected chi connectivity index (χ0v) is 16.6.